The molecule has 1 N–H and O–H groups in total. The molecule has 11 heteroatoms. The summed E-state index contributed by atoms with van der Waals surface area (Å²) in [6.45, 7) is 6.20. The summed E-state index contributed by atoms with van der Waals surface area (Å²) in [6.07, 6.45) is 3.05. The number of carbonyl (C=O) groups excluding carboxylic acids is 2. The van der Waals surface area contributed by atoms with Crippen LogP contribution in [0.5, 0.6) is 0 Å². The summed E-state index contributed by atoms with van der Waals surface area (Å²) in [5.41, 5.74) is 1.47. The Bertz CT molecular complexity index is 1140. The molecule has 1 aromatic carbocycles. The number of amides is 2. The Labute approximate surface area is 200 Å². The minimum atomic E-state index is -3.60. The average molecular weight is 492 g/mol. The number of nitrogens with one attached hydrogen (secondary N) is 1. The van der Waals surface area contributed by atoms with Gasteiger partial charge in [0.15, 0.2) is 0 Å². The Morgan fingerprint density at radius 1 is 1.21 bits per heavy atom. The Morgan fingerprint density at radius 3 is 2.71 bits per heavy atom. The molecule has 2 saturated heterocycles. The van der Waals surface area contributed by atoms with Gasteiger partial charge in [-0.25, -0.2) is 13.4 Å². The monoisotopic (exact) mass is 491 g/mol. The topological polar surface area (TPSA) is 114 Å². The Balaban J connectivity index is 1.36. The molecule has 3 heterocycles. The summed E-state index contributed by atoms with van der Waals surface area (Å²) in [5, 5.41) is 2.92. The van der Waals surface area contributed by atoms with Crippen LogP contribution in [-0.2, 0) is 37.3 Å². The zero-order chi connectivity index (χ0) is 24.1. The molecule has 10 nitrogen and oxygen atoms in total. The van der Waals surface area contributed by atoms with Crippen LogP contribution in [-0.4, -0.2) is 84.9 Å². The Morgan fingerprint density at radius 2 is 2.00 bits per heavy atom. The lowest BCUT2D eigenvalue weighted by molar-refractivity contribution is -0.127. The van der Waals surface area contributed by atoms with Crippen molar-refractivity contribution in [3.63, 3.8) is 0 Å². The molecular weight excluding hydrogens is 458 g/mol. The predicted molar refractivity (Wildman–Crippen MR) is 127 cm³/mol. The van der Waals surface area contributed by atoms with Gasteiger partial charge in [0.25, 0.3) is 0 Å². The maximum atomic E-state index is 13.0. The van der Waals surface area contributed by atoms with Crippen LogP contribution in [0.15, 0.2) is 23.1 Å². The molecule has 2 aliphatic heterocycles. The highest BCUT2D eigenvalue weighted by molar-refractivity contribution is 7.89. The van der Waals surface area contributed by atoms with Gasteiger partial charge >= 0.3 is 0 Å². The lowest BCUT2D eigenvalue weighted by Crippen LogP contribution is -2.40. The third-order valence-corrected chi connectivity index (χ3v) is 8.29. The van der Waals surface area contributed by atoms with Crippen molar-refractivity contribution in [2.45, 2.75) is 50.5 Å². The van der Waals surface area contributed by atoms with Gasteiger partial charge in [-0.05, 0) is 38.0 Å². The summed E-state index contributed by atoms with van der Waals surface area (Å²) < 4.78 is 34.7. The number of morpholine rings is 1. The first kappa shape index (κ1) is 24.6. The minimum Gasteiger partial charge on any atom is -0.379 e. The van der Waals surface area contributed by atoms with Crippen LogP contribution >= 0.6 is 0 Å². The third kappa shape index (κ3) is 5.42. The molecule has 0 radical (unpaired) electrons. The molecule has 2 aromatic rings. The van der Waals surface area contributed by atoms with E-state index in [4.69, 9.17) is 4.74 Å². The van der Waals surface area contributed by atoms with E-state index in [1.807, 2.05) is 16.4 Å². The largest absolute Gasteiger partial charge is 0.379 e. The van der Waals surface area contributed by atoms with Gasteiger partial charge in [0.05, 0.1) is 29.1 Å². The molecule has 0 saturated carbocycles. The second kappa shape index (κ2) is 10.8. The lowest BCUT2D eigenvalue weighted by Gasteiger charge is -2.26. The summed E-state index contributed by atoms with van der Waals surface area (Å²) in [4.78, 5) is 30.7. The zero-order valence-corrected chi connectivity index (χ0v) is 20.5. The van der Waals surface area contributed by atoms with Gasteiger partial charge < -0.3 is 19.5 Å². The highest BCUT2D eigenvalue weighted by atomic mass is 32.2. The number of likely N-dealkylation sites (tertiary alicyclic amines) is 1. The second-order valence-corrected chi connectivity index (χ2v) is 10.6. The first-order valence-corrected chi connectivity index (χ1v) is 13.5. The number of hydrogen-bond donors (Lipinski definition) is 1. The van der Waals surface area contributed by atoms with Crippen LogP contribution < -0.4 is 5.32 Å². The van der Waals surface area contributed by atoms with Crippen molar-refractivity contribution in [1.29, 1.82) is 0 Å². The fourth-order valence-corrected chi connectivity index (χ4v) is 5.98. The normalized spacial score (nSPS) is 17.6. The highest BCUT2D eigenvalue weighted by Gasteiger charge is 2.27. The zero-order valence-electron chi connectivity index (χ0n) is 19.7. The molecule has 0 aliphatic carbocycles. The fraction of sp³-hybridized carbons (Fsp3) is 0.609. The van der Waals surface area contributed by atoms with Crippen molar-refractivity contribution < 1.29 is 22.7 Å². The summed E-state index contributed by atoms with van der Waals surface area (Å²) in [6, 6.07) is 5.04. The number of benzene rings is 1. The number of sulfonamides is 1. The number of ether oxygens (including phenoxy) is 1. The third-order valence-electron chi connectivity index (χ3n) is 6.40. The number of nitrogens with zero attached hydrogens (tertiary/aromatic N) is 4. The first-order valence-electron chi connectivity index (χ1n) is 12.0. The summed E-state index contributed by atoms with van der Waals surface area (Å²) >= 11 is 0. The van der Waals surface area contributed by atoms with E-state index in [2.05, 4.69) is 10.3 Å². The van der Waals surface area contributed by atoms with Crippen molar-refractivity contribution in [3.8, 4) is 0 Å². The molecule has 0 bridgehead atoms. The van der Waals surface area contributed by atoms with Crippen LogP contribution in [0.4, 0.5) is 0 Å². The number of rotatable bonds is 10. The van der Waals surface area contributed by atoms with E-state index in [-0.39, 0.29) is 16.7 Å². The van der Waals surface area contributed by atoms with Gasteiger partial charge in [-0.15, -0.1) is 0 Å². The molecule has 2 amide bonds. The molecule has 0 unspecified atom stereocenters. The molecular formula is C23H33N5O5S. The number of imidazole rings is 1. The van der Waals surface area contributed by atoms with E-state index in [1.54, 1.807) is 18.2 Å². The van der Waals surface area contributed by atoms with Crippen LogP contribution in [0.25, 0.3) is 11.0 Å². The van der Waals surface area contributed by atoms with Crippen molar-refractivity contribution in [3.05, 3.63) is 24.0 Å². The lowest BCUT2D eigenvalue weighted by atomic mass is 10.2. The molecule has 0 atom stereocenters. The standard InChI is InChI=1S/C23H33N5O5S/c1-2-28-20-7-6-18(34(31,32)27-13-15-33-16-14-27)17-19(20)25-21(28)8-9-22(29)24-10-4-12-26-11-3-5-23(26)30/h6-7,17H,2-5,8-16H2,1H3,(H,24,29). The Hall–Kier alpha value is -2.50. The van der Waals surface area contributed by atoms with Gasteiger partial charge in [0.2, 0.25) is 21.8 Å². The molecule has 0 spiro atoms. The van der Waals surface area contributed by atoms with Crippen molar-refractivity contribution in [1.82, 2.24) is 24.1 Å². The summed E-state index contributed by atoms with van der Waals surface area (Å²) in [7, 11) is -3.60. The molecule has 2 fully saturated rings. The number of fused-ring (bicyclic) bond motifs is 1. The van der Waals surface area contributed by atoms with Crippen LogP contribution in [0, 0.1) is 0 Å². The van der Waals surface area contributed by atoms with Gasteiger partial charge in [0, 0.05) is 58.5 Å². The minimum absolute atomic E-state index is 0.0574. The van der Waals surface area contributed by atoms with Crippen molar-refractivity contribution in [2.75, 3.05) is 45.9 Å². The van der Waals surface area contributed by atoms with E-state index in [9.17, 15) is 18.0 Å². The molecule has 2 aliphatic rings. The number of aromatic nitrogens is 2. The smallest absolute Gasteiger partial charge is 0.243 e. The summed E-state index contributed by atoms with van der Waals surface area (Å²) in [5.74, 6) is 0.903. The van der Waals surface area contributed by atoms with E-state index in [0.717, 1.165) is 30.7 Å². The maximum absolute atomic E-state index is 13.0. The number of carbonyl (C=O) groups is 2. The van der Waals surface area contributed by atoms with Gasteiger partial charge in [-0.3, -0.25) is 9.59 Å². The van der Waals surface area contributed by atoms with E-state index >= 15 is 0 Å². The number of aryl methyl sites for hydroxylation is 2. The van der Waals surface area contributed by atoms with Crippen molar-refractivity contribution >= 4 is 32.9 Å². The van der Waals surface area contributed by atoms with Crippen LogP contribution in [0.3, 0.4) is 0 Å². The maximum Gasteiger partial charge on any atom is 0.243 e. The quantitative estimate of drug-likeness (QED) is 0.499. The van der Waals surface area contributed by atoms with Crippen LogP contribution in [0.2, 0.25) is 0 Å². The number of hydrogen-bond acceptors (Lipinski definition) is 6. The van der Waals surface area contributed by atoms with E-state index in [0.29, 0.717) is 70.7 Å². The average Bonchev–Trinajstić information content (AvgIpc) is 3.42. The first-order chi connectivity index (χ1) is 16.4. The highest BCUT2D eigenvalue weighted by Crippen LogP contribution is 2.24. The molecule has 4 rings (SSSR count). The molecule has 186 valence electrons. The van der Waals surface area contributed by atoms with Gasteiger partial charge in [-0.2, -0.15) is 4.31 Å². The fourth-order valence-electron chi connectivity index (χ4n) is 4.55. The Kier molecular flexibility index (Phi) is 7.84. The van der Waals surface area contributed by atoms with E-state index in [1.165, 1.54) is 4.31 Å². The predicted octanol–water partition coefficient (Wildman–Crippen LogP) is 1.14. The van der Waals surface area contributed by atoms with E-state index < -0.39 is 10.0 Å². The van der Waals surface area contributed by atoms with Gasteiger partial charge in [-0.1, -0.05) is 0 Å². The molecule has 34 heavy (non-hydrogen) atoms. The SMILES string of the molecule is CCn1c(CCC(=O)NCCCN2CCCC2=O)nc2cc(S(=O)(=O)N3CCOCC3)ccc21. The van der Waals surface area contributed by atoms with Crippen LogP contribution in [0.1, 0.15) is 38.4 Å². The van der Waals surface area contributed by atoms with Gasteiger partial charge in [0.1, 0.15) is 5.82 Å². The second-order valence-electron chi connectivity index (χ2n) is 8.63. The molecule has 1 aromatic heterocycles. The van der Waals surface area contributed by atoms with Crippen molar-refractivity contribution in [2.24, 2.45) is 0 Å².